The van der Waals surface area contributed by atoms with E-state index in [-0.39, 0.29) is 10.8 Å². The van der Waals surface area contributed by atoms with Gasteiger partial charge >= 0.3 is 0 Å². The molecule has 0 radical (unpaired) electrons. The molecule has 3 aromatic heterocycles. The fourth-order valence-corrected chi connectivity index (χ4v) is 9.55. The van der Waals surface area contributed by atoms with Crippen LogP contribution in [0.25, 0.3) is 81.2 Å². The third-order valence-corrected chi connectivity index (χ3v) is 12.4. The Bertz CT molecular complexity index is 2830. The molecular formula is C46H37N3S. The molecule has 0 bridgehead atoms. The van der Waals surface area contributed by atoms with Gasteiger partial charge in [-0.25, -0.2) is 9.97 Å². The van der Waals surface area contributed by atoms with Crippen LogP contribution in [0.1, 0.15) is 51.7 Å². The molecule has 9 aromatic rings. The lowest BCUT2D eigenvalue weighted by Gasteiger charge is -2.42. The molecule has 1 aliphatic carbocycles. The monoisotopic (exact) mass is 663 g/mol. The average molecular weight is 664 g/mol. The summed E-state index contributed by atoms with van der Waals surface area (Å²) in [7, 11) is 0. The van der Waals surface area contributed by atoms with Crippen LogP contribution in [0.3, 0.4) is 0 Å². The van der Waals surface area contributed by atoms with Crippen molar-refractivity contribution < 1.29 is 0 Å². The number of hydrogen-bond acceptors (Lipinski definition) is 3. The summed E-state index contributed by atoms with van der Waals surface area (Å²) in [5.41, 5.74) is 9.94. The van der Waals surface area contributed by atoms with Crippen molar-refractivity contribution in [3.05, 3.63) is 139 Å². The SMILES string of the molecule is CC1(C)CCC(C)(C)c2cc3c(cc21)c1ccccc1n3-c1cccc(-c2nc(-c3cccc4ccccc34)c3c(n2)sc2ccccc23)c1. The molecule has 3 nitrogen and oxygen atoms in total. The maximum Gasteiger partial charge on any atom is 0.161 e. The minimum Gasteiger partial charge on any atom is -0.309 e. The van der Waals surface area contributed by atoms with E-state index in [1.807, 2.05) is 0 Å². The number of nitrogens with zero attached hydrogens (tertiary/aromatic N) is 3. The summed E-state index contributed by atoms with van der Waals surface area (Å²) in [6.07, 6.45) is 2.38. The zero-order chi connectivity index (χ0) is 33.8. The Kier molecular flexibility index (Phi) is 6.27. The van der Waals surface area contributed by atoms with Gasteiger partial charge in [-0.1, -0.05) is 119 Å². The molecule has 0 N–H and O–H groups in total. The van der Waals surface area contributed by atoms with E-state index < -0.39 is 0 Å². The van der Waals surface area contributed by atoms with Gasteiger partial charge in [0.1, 0.15) is 4.83 Å². The van der Waals surface area contributed by atoms with E-state index in [4.69, 9.17) is 9.97 Å². The van der Waals surface area contributed by atoms with E-state index in [1.165, 1.54) is 66.6 Å². The molecule has 0 saturated carbocycles. The number of para-hydroxylation sites is 1. The second-order valence-electron chi connectivity index (χ2n) is 15.3. The van der Waals surface area contributed by atoms with Crippen molar-refractivity contribution in [3.63, 3.8) is 0 Å². The molecule has 0 atom stereocenters. The van der Waals surface area contributed by atoms with Crippen molar-refractivity contribution in [2.45, 2.75) is 51.4 Å². The molecule has 50 heavy (non-hydrogen) atoms. The topological polar surface area (TPSA) is 30.7 Å². The van der Waals surface area contributed by atoms with Crippen molar-refractivity contribution in [1.29, 1.82) is 0 Å². The molecule has 6 aromatic carbocycles. The van der Waals surface area contributed by atoms with Crippen molar-refractivity contribution in [2.24, 2.45) is 0 Å². The number of thiophene rings is 1. The molecule has 0 fully saturated rings. The lowest BCUT2D eigenvalue weighted by atomic mass is 9.63. The molecule has 0 saturated heterocycles. The largest absolute Gasteiger partial charge is 0.309 e. The van der Waals surface area contributed by atoms with Gasteiger partial charge in [-0.05, 0) is 82.0 Å². The first-order chi connectivity index (χ1) is 24.3. The van der Waals surface area contributed by atoms with Crippen molar-refractivity contribution in [2.75, 3.05) is 0 Å². The summed E-state index contributed by atoms with van der Waals surface area (Å²) < 4.78 is 3.68. The highest BCUT2D eigenvalue weighted by atomic mass is 32.1. The minimum absolute atomic E-state index is 0.119. The lowest BCUT2D eigenvalue weighted by molar-refractivity contribution is 0.332. The molecule has 3 heterocycles. The van der Waals surface area contributed by atoms with Gasteiger partial charge in [0.05, 0.1) is 16.7 Å². The number of hydrogen-bond donors (Lipinski definition) is 0. The van der Waals surface area contributed by atoms with Crippen LogP contribution in [0.2, 0.25) is 0 Å². The maximum atomic E-state index is 5.44. The van der Waals surface area contributed by atoms with E-state index in [1.54, 1.807) is 11.3 Å². The number of aromatic nitrogens is 3. The Morgan fingerprint density at radius 3 is 2.10 bits per heavy atom. The summed E-state index contributed by atoms with van der Waals surface area (Å²) in [6.45, 7) is 9.65. The van der Waals surface area contributed by atoms with Crippen molar-refractivity contribution in [1.82, 2.24) is 14.5 Å². The first-order valence-electron chi connectivity index (χ1n) is 17.6. The summed E-state index contributed by atoms with van der Waals surface area (Å²) in [5.74, 6) is 0.745. The summed E-state index contributed by atoms with van der Waals surface area (Å²) in [4.78, 5) is 11.7. The van der Waals surface area contributed by atoms with Gasteiger partial charge in [0, 0.05) is 43.1 Å². The van der Waals surface area contributed by atoms with Crippen LogP contribution in [-0.2, 0) is 10.8 Å². The highest BCUT2D eigenvalue weighted by Crippen LogP contribution is 2.49. The van der Waals surface area contributed by atoms with Crippen molar-refractivity contribution in [3.8, 4) is 28.3 Å². The van der Waals surface area contributed by atoms with Crippen LogP contribution in [0.4, 0.5) is 0 Å². The standard InChI is InChI=1S/C46H37N3S/c1-45(2)23-24-46(3,4)37-27-39-35(26-36(37)45)32-18-7-9-21-38(32)49(39)30-16-11-15-29(25-30)43-47-42(33-20-12-14-28-13-5-6-17-31(28)33)41-34-19-8-10-22-40(34)50-44(41)48-43/h5-22,25-27H,23-24H2,1-4H3. The van der Waals surface area contributed by atoms with Gasteiger partial charge < -0.3 is 4.57 Å². The molecular weight excluding hydrogens is 627 g/mol. The van der Waals surface area contributed by atoms with Gasteiger partial charge in [-0.3, -0.25) is 0 Å². The minimum atomic E-state index is 0.119. The zero-order valence-corrected chi connectivity index (χ0v) is 29.6. The van der Waals surface area contributed by atoms with Crippen LogP contribution in [0.15, 0.2) is 127 Å². The molecule has 0 amide bonds. The number of rotatable bonds is 3. The van der Waals surface area contributed by atoms with Gasteiger partial charge in [0.25, 0.3) is 0 Å². The average Bonchev–Trinajstić information content (AvgIpc) is 3.68. The zero-order valence-electron chi connectivity index (χ0n) is 28.8. The van der Waals surface area contributed by atoms with E-state index >= 15 is 0 Å². The molecule has 0 aliphatic heterocycles. The summed E-state index contributed by atoms with van der Waals surface area (Å²) in [5, 5.41) is 7.34. The second-order valence-corrected chi connectivity index (χ2v) is 16.3. The molecule has 242 valence electrons. The van der Waals surface area contributed by atoms with Crippen LogP contribution in [-0.4, -0.2) is 14.5 Å². The molecule has 1 aliphatic rings. The first-order valence-corrected chi connectivity index (χ1v) is 18.4. The quantitative estimate of drug-likeness (QED) is 0.188. The Morgan fingerprint density at radius 1 is 0.580 bits per heavy atom. The van der Waals surface area contributed by atoms with Gasteiger partial charge in [0.15, 0.2) is 5.82 Å². The predicted octanol–water partition coefficient (Wildman–Crippen LogP) is 12.8. The van der Waals surface area contributed by atoms with Gasteiger partial charge in [0.2, 0.25) is 0 Å². The Hall–Kier alpha value is -5.32. The molecule has 0 spiro atoms. The highest BCUT2D eigenvalue weighted by Gasteiger charge is 2.38. The van der Waals surface area contributed by atoms with Crippen LogP contribution >= 0.6 is 11.3 Å². The molecule has 4 heteroatoms. The summed E-state index contributed by atoms with van der Waals surface area (Å²) in [6, 6.07) is 46.4. The lowest BCUT2D eigenvalue weighted by Crippen LogP contribution is -2.33. The van der Waals surface area contributed by atoms with E-state index in [0.717, 1.165) is 38.5 Å². The molecule has 0 unspecified atom stereocenters. The van der Waals surface area contributed by atoms with Gasteiger partial charge in [-0.2, -0.15) is 0 Å². The smallest absolute Gasteiger partial charge is 0.161 e. The Balaban J connectivity index is 1.23. The Labute approximate surface area is 295 Å². The first kappa shape index (κ1) is 29.6. The molecule has 10 rings (SSSR count). The highest BCUT2D eigenvalue weighted by molar-refractivity contribution is 7.25. The number of benzene rings is 6. The Morgan fingerprint density at radius 2 is 1.26 bits per heavy atom. The van der Waals surface area contributed by atoms with Crippen LogP contribution < -0.4 is 0 Å². The van der Waals surface area contributed by atoms with Crippen molar-refractivity contribution >= 4 is 64.2 Å². The predicted molar refractivity (Wildman–Crippen MR) is 213 cm³/mol. The maximum absolute atomic E-state index is 5.44. The normalized spacial score (nSPS) is 15.4. The van der Waals surface area contributed by atoms with E-state index in [0.29, 0.717) is 0 Å². The fraction of sp³-hybridized carbons (Fsp3) is 0.174. The third kappa shape index (κ3) is 4.34. The summed E-state index contributed by atoms with van der Waals surface area (Å²) >= 11 is 1.75. The van der Waals surface area contributed by atoms with E-state index in [9.17, 15) is 0 Å². The van der Waals surface area contributed by atoms with Crippen LogP contribution in [0, 0.1) is 0 Å². The third-order valence-electron chi connectivity index (χ3n) is 11.3. The van der Waals surface area contributed by atoms with E-state index in [2.05, 4.69) is 160 Å². The van der Waals surface area contributed by atoms with Crippen LogP contribution in [0.5, 0.6) is 0 Å². The second kappa shape index (κ2) is 10.6. The van der Waals surface area contributed by atoms with Gasteiger partial charge in [-0.15, -0.1) is 11.3 Å². The fourth-order valence-electron chi connectivity index (χ4n) is 8.47. The number of fused-ring (bicyclic) bond motifs is 8.